The van der Waals surface area contributed by atoms with Crippen molar-refractivity contribution in [2.24, 2.45) is 5.10 Å². The molecule has 0 aliphatic rings. The third kappa shape index (κ3) is 4.06. The molecule has 0 aliphatic carbocycles. The topological polar surface area (TPSA) is 96.6 Å². The number of para-hydroxylation sites is 1. The molecule has 1 aromatic heterocycles. The second kappa shape index (κ2) is 8.62. The zero-order chi connectivity index (χ0) is 21.8. The van der Waals surface area contributed by atoms with Gasteiger partial charge in [-0.25, -0.2) is 5.43 Å². The number of hydrazone groups is 1. The van der Waals surface area contributed by atoms with E-state index in [1.165, 1.54) is 4.68 Å². The molecule has 1 amide bonds. The van der Waals surface area contributed by atoms with E-state index >= 15 is 0 Å². The van der Waals surface area contributed by atoms with E-state index in [-0.39, 0.29) is 17.0 Å². The number of hydrogen-bond donors (Lipinski definition) is 2. The van der Waals surface area contributed by atoms with E-state index in [0.717, 1.165) is 5.56 Å². The number of carbonyl (C=O) groups excluding carboxylic acids is 1. The number of phenols is 1. The average molecular weight is 412 g/mol. The second-order valence-corrected chi connectivity index (χ2v) is 6.85. The van der Waals surface area contributed by atoms with Crippen LogP contribution < -0.4 is 11.0 Å². The molecule has 0 bridgehead atoms. The number of phenolic OH excluding ortho intramolecular Hbond substituents is 1. The first-order valence-electron chi connectivity index (χ1n) is 9.82. The molecule has 0 radical (unpaired) electrons. The first-order valence-corrected chi connectivity index (χ1v) is 9.82. The molecule has 0 saturated heterocycles. The quantitative estimate of drug-likeness (QED) is 0.386. The highest BCUT2D eigenvalue weighted by Gasteiger charge is 2.17. The van der Waals surface area contributed by atoms with E-state index in [9.17, 15) is 14.7 Å². The van der Waals surface area contributed by atoms with E-state index in [4.69, 9.17) is 0 Å². The van der Waals surface area contributed by atoms with Crippen molar-refractivity contribution in [3.05, 3.63) is 100 Å². The van der Waals surface area contributed by atoms with Gasteiger partial charge in [0.15, 0.2) is 5.69 Å². The Labute approximate surface area is 178 Å². The number of aromatic hydroxyl groups is 1. The maximum absolute atomic E-state index is 13.0. The Balaban J connectivity index is 1.76. The summed E-state index contributed by atoms with van der Waals surface area (Å²) in [7, 11) is 0. The van der Waals surface area contributed by atoms with Gasteiger partial charge in [-0.05, 0) is 54.4 Å². The number of aromatic nitrogens is 2. The molecule has 0 spiro atoms. The van der Waals surface area contributed by atoms with Crippen LogP contribution in [0.15, 0.2) is 88.8 Å². The molecular weight excluding hydrogens is 392 g/mol. The molecule has 7 heteroatoms. The first kappa shape index (κ1) is 20.0. The van der Waals surface area contributed by atoms with Gasteiger partial charge in [0.2, 0.25) is 0 Å². The standard InChI is InChI=1S/C24H20N4O3/c1-2-21(16-12-14-18(29)15-13-16)25-26-23(30)22-19-10-6-7-11-20(19)24(31)28(27-22)17-8-4-3-5-9-17/h3-15,29H,2H2,1H3,(H,26,30)/b25-21+. The largest absolute Gasteiger partial charge is 0.508 e. The van der Waals surface area contributed by atoms with Gasteiger partial charge in [0.25, 0.3) is 11.5 Å². The molecule has 0 atom stereocenters. The van der Waals surface area contributed by atoms with Crippen LogP contribution in [0.3, 0.4) is 0 Å². The molecule has 7 nitrogen and oxygen atoms in total. The van der Waals surface area contributed by atoms with Gasteiger partial charge in [0.05, 0.1) is 16.8 Å². The number of hydrogen-bond acceptors (Lipinski definition) is 5. The fourth-order valence-electron chi connectivity index (χ4n) is 3.27. The van der Waals surface area contributed by atoms with Crippen molar-refractivity contribution in [3.63, 3.8) is 0 Å². The van der Waals surface area contributed by atoms with E-state index in [0.29, 0.717) is 28.6 Å². The average Bonchev–Trinajstić information content (AvgIpc) is 2.81. The van der Waals surface area contributed by atoms with Crippen LogP contribution in [-0.2, 0) is 0 Å². The summed E-state index contributed by atoms with van der Waals surface area (Å²) in [4.78, 5) is 26.0. The van der Waals surface area contributed by atoms with Crippen LogP contribution in [0.25, 0.3) is 16.5 Å². The highest BCUT2D eigenvalue weighted by Crippen LogP contribution is 2.16. The maximum Gasteiger partial charge on any atom is 0.292 e. The summed E-state index contributed by atoms with van der Waals surface area (Å²) in [5.41, 5.74) is 4.35. The molecule has 154 valence electrons. The van der Waals surface area contributed by atoms with Gasteiger partial charge in [-0.1, -0.05) is 43.3 Å². The van der Waals surface area contributed by atoms with E-state index in [1.807, 2.05) is 13.0 Å². The van der Waals surface area contributed by atoms with Gasteiger partial charge in [0.1, 0.15) is 5.75 Å². The summed E-state index contributed by atoms with van der Waals surface area (Å²) in [6, 6.07) is 22.4. The first-order chi connectivity index (χ1) is 15.1. The number of nitrogens with one attached hydrogen (secondary N) is 1. The number of amides is 1. The van der Waals surface area contributed by atoms with Crippen LogP contribution in [-0.4, -0.2) is 26.5 Å². The lowest BCUT2D eigenvalue weighted by Crippen LogP contribution is -2.28. The van der Waals surface area contributed by atoms with Crippen LogP contribution in [0.2, 0.25) is 0 Å². The highest BCUT2D eigenvalue weighted by atomic mass is 16.3. The van der Waals surface area contributed by atoms with E-state index < -0.39 is 5.91 Å². The van der Waals surface area contributed by atoms with Crippen molar-refractivity contribution < 1.29 is 9.90 Å². The van der Waals surface area contributed by atoms with Gasteiger partial charge < -0.3 is 5.11 Å². The molecule has 0 aliphatic heterocycles. The minimum absolute atomic E-state index is 0.101. The van der Waals surface area contributed by atoms with Crippen molar-refractivity contribution in [1.82, 2.24) is 15.2 Å². The van der Waals surface area contributed by atoms with Gasteiger partial charge in [-0.2, -0.15) is 14.9 Å². The molecule has 4 rings (SSSR count). The summed E-state index contributed by atoms with van der Waals surface area (Å²) in [5, 5.41) is 18.9. The molecule has 4 aromatic rings. The third-order valence-corrected chi connectivity index (χ3v) is 4.85. The minimum Gasteiger partial charge on any atom is -0.508 e. The minimum atomic E-state index is -0.523. The highest BCUT2D eigenvalue weighted by molar-refractivity contribution is 6.06. The van der Waals surface area contributed by atoms with Gasteiger partial charge >= 0.3 is 0 Å². The number of rotatable bonds is 5. The van der Waals surface area contributed by atoms with Crippen molar-refractivity contribution in [2.45, 2.75) is 13.3 Å². The van der Waals surface area contributed by atoms with Crippen LogP contribution in [0.5, 0.6) is 5.75 Å². The fraction of sp³-hybridized carbons (Fsp3) is 0.0833. The summed E-state index contributed by atoms with van der Waals surface area (Å²) >= 11 is 0. The van der Waals surface area contributed by atoms with Crippen LogP contribution in [0.1, 0.15) is 29.4 Å². The predicted molar refractivity (Wildman–Crippen MR) is 120 cm³/mol. The number of fused-ring (bicyclic) bond motifs is 1. The fourth-order valence-corrected chi connectivity index (χ4v) is 3.27. The van der Waals surface area contributed by atoms with Gasteiger partial charge in [0, 0.05) is 5.39 Å². The summed E-state index contributed by atoms with van der Waals surface area (Å²) in [6.45, 7) is 1.92. The zero-order valence-corrected chi connectivity index (χ0v) is 16.8. The second-order valence-electron chi connectivity index (χ2n) is 6.85. The third-order valence-electron chi connectivity index (χ3n) is 4.85. The monoisotopic (exact) mass is 412 g/mol. The van der Waals surface area contributed by atoms with Crippen molar-refractivity contribution in [2.75, 3.05) is 0 Å². The number of benzene rings is 3. The van der Waals surface area contributed by atoms with Gasteiger partial charge in [-0.3, -0.25) is 9.59 Å². The molecule has 2 N–H and O–H groups in total. The lowest BCUT2D eigenvalue weighted by atomic mass is 10.1. The Hall–Kier alpha value is -4.26. The molecule has 0 unspecified atom stereocenters. The van der Waals surface area contributed by atoms with Crippen molar-refractivity contribution in [3.8, 4) is 11.4 Å². The summed E-state index contributed by atoms with van der Waals surface area (Å²) in [5.74, 6) is -0.368. The molecule has 31 heavy (non-hydrogen) atoms. The Bertz CT molecular complexity index is 1330. The predicted octanol–water partition coefficient (Wildman–Crippen LogP) is 3.64. The summed E-state index contributed by atoms with van der Waals surface area (Å²) < 4.78 is 1.22. The van der Waals surface area contributed by atoms with E-state index in [2.05, 4.69) is 15.6 Å². The normalized spacial score (nSPS) is 11.5. The van der Waals surface area contributed by atoms with Crippen LogP contribution in [0.4, 0.5) is 0 Å². The lowest BCUT2D eigenvalue weighted by molar-refractivity contribution is 0.0950. The van der Waals surface area contributed by atoms with Crippen LogP contribution >= 0.6 is 0 Å². The molecular formula is C24H20N4O3. The van der Waals surface area contributed by atoms with Crippen molar-refractivity contribution >= 4 is 22.4 Å². The molecule has 0 fully saturated rings. The smallest absolute Gasteiger partial charge is 0.292 e. The lowest BCUT2D eigenvalue weighted by Gasteiger charge is -2.11. The SMILES string of the molecule is CC/C(=N\NC(=O)c1nn(-c2ccccc2)c(=O)c2ccccc12)c1ccc(O)cc1. The Morgan fingerprint density at radius 3 is 2.29 bits per heavy atom. The maximum atomic E-state index is 13.0. The van der Waals surface area contributed by atoms with Crippen LogP contribution in [0, 0.1) is 0 Å². The summed E-state index contributed by atoms with van der Waals surface area (Å²) in [6.07, 6.45) is 0.572. The Morgan fingerprint density at radius 1 is 0.968 bits per heavy atom. The molecule has 0 saturated carbocycles. The zero-order valence-electron chi connectivity index (χ0n) is 16.8. The molecule has 3 aromatic carbocycles. The van der Waals surface area contributed by atoms with Gasteiger partial charge in [-0.15, -0.1) is 0 Å². The Morgan fingerprint density at radius 2 is 1.61 bits per heavy atom. The number of nitrogens with zero attached hydrogens (tertiary/aromatic N) is 3. The van der Waals surface area contributed by atoms with E-state index in [1.54, 1.807) is 72.8 Å². The Kier molecular flexibility index (Phi) is 5.57. The molecule has 1 heterocycles. The van der Waals surface area contributed by atoms with Crippen molar-refractivity contribution in [1.29, 1.82) is 0 Å². The number of carbonyl (C=O) groups is 1.